The Hall–Kier alpha value is -0.980. The lowest BCUT2D eigenvalue weighted by atomic mass is 10.3. The van der Waals surface area contributed by atoms with Gasteiger partial charge in [-0.05, 0) is 18.2 Å². The van der Waals surface area contributed by atoms with E-state index in [1.165, 1.54) is 18.2 Å². The summed E-state index contributed by atoms with van der Waals surface area (Å²) in [6, 6.07) is 4.05. The molecule has 0 bridgehead atoms. The quantitative estimate of drug-likeness (QED) is 0.705. The molecule has 0 unspecified atom stereocenters. The number of benzene rings is 1. The van der Waals surface area contributed by atoms with E-state index in [0.717, 1.165) is 0 Å². The highest BCUT2D eigenvalue weighted by molar-refractivity contribution is 7.90. The molecule has 7 heteroatoms. The van der Waals surface area contributed by atoms with E-state index in [0.29, 0.717) is 12.2 Å². The minimum absolute atomic E-state index is 0.0895. The van der Waals surface area contributed by atoms with Gasteiger partial charge >= 0.3 is 0 Å². The fourth-order valence-electron chi connectivity index (χ4n) is 0.952. The second-order valence-electron chi connectivity index (χ2n) is 2.77. The van der Waals surface area contributed by atoms with Crippen molar-refractivity contribution in [3.8, 4) is 5.75 Å². The lowest BCUT2D eigenvalue weighted by Crippen LogP contribution is -2.29. The molecule has 0 atom stereocenters. The molecule has 5 nitrogen and oxygen atoms in total. The van der Waals surface area contributed by atoms with Crippen LogP contribution in [0, 0.1) is 0 Å². The first kappa shape index (κ1) is 12.1. The molecule has 0 radical (unpaired) electrons. The number of phenolic OH excluding ortho intramolecular Hbond substituents is 1. The number of halogens is 1. The molecule has 0 saturated carbocycles. The van der Waals surface area contributed by atoms with Gasteiger partial charge in [-0.15, -0.1) is 0 Å². The van der Waals surface area contributed by atoms with Gasteiger partial charge in [0.2, 0.25) is 0 Å². The molecule has 1 aromatic carbocycles. The van der Waals surface area contributed by atoms with E-state index in [2.05, 4.69) is 9.44 Å². The normalized spacial score (nSPS) is 11.3. The molecule has 3 N–H and O–H groups in total. The molecule has 1 aromatic rings. The molecule has 0 aliphatic heterocycles. The minimum Gasteiger partial charge on any atom is -0.506 e. The van der Waals surface area contributed by atoms with E-state index >= 15 is 0 Å². The summed E-state index contributed by atoms with van der Waals surface area (Å²) >= 11 is 5.61. The maximum atomic E-state index is 11.3. The van der Waals surface area contributed by atoms with Gasteiger partial charge in [-0.3, -0.25) is 4.72 Å². The number of anilines is 1. The van der Waals surface area contributed by atoms with E-state index in [1.54, 1.807) is 6.92 Å². The average Bonchev–Trinajstić information content (AvgIpc) is 2.10. The van der Waals surface area contributed by atoms with Gasteiger partial charge in [0.1, 0.15) is 5.75 Å². The molecule has 0 saturated heterocycles. The summed E-state index contributed by atoms with van der Waals surface area (Å²) in [5.74, 6) is -0.0944. The number of rotatable bonds is 4. The summed E-state index contributed by atoms with van der Waals surface area (Å²) in [6.07, 6.45) is 0. The number of nitrogens with one attached hydrogen (secondary N) is 2. The maximum Gasteiger partial charge on any atom is 0.299 e. The highest BCUT2D eigenvalue weighted by Gasteiger charge is 2.08. The van der Waals surface area contributed by atoms with Crippen LogP contribution in [-0.2, 0) is 10.2 Å². The molecule has 0 spiro atoms. The van der Waals surface area contributed by atoms with Crippen LogP contribution in [0.4, 0.5) is 5.69 Å². The Morgan fingerprint density at radius 2 is 2.13 bits per heavy atom. The van der Waals surface area contributed by atoms with Crippen molar-refractivity contribution in [3.05, 3.63) is 23.2 Å². The Bertz CT molecular complexity index is 447. The van der Waals surface area contributed by atoms with Crippen LogP contribution in [0.5, 0.6) is 5.75 Å². The van der Waals surface area contributed by atoms with Gasteiger partial charge in [-0.1, -0.05) is 18.5 Å². The van der Waals surface area contributed by atoms with Crippen LogP contribution in [-0.4, -0.2) is 20.1 Å². The number of hydrogen-bond donors (Lipinski definition) is 3. The average molecular weight is 251 g/mol. The van der Waals surface area contributed by atoms with Gasteiger partial charge in [0.25, 0.3) is 10.2 Å². The van der Waals surface area contributed by atoms with Crippen molar-refractivity contribution >= 4 is 27.5 Å². The van der Waals surface area contributed by atoms with Gasteiger partial charge in [0.05, 0.1) is 10.7 Å². The Morgan fingerprint density at radius 3 is 2.67 bits per heavy atom. The zero-order chi connectivity index (χ0) is 11.5. The highest BCUT2D eigenvalue weighted by Crippen LogP contribution is 2.26. The van der Waals surface area contributed by atoms with E-state index in [1.807, 2.05) is 0 Å². The number of hydrogen-bond acceptors (Lipinski definition) is 3. The summed E-state index contributed by atoms with van der Waals surface area (Å²) in [7, 11) is -3.55. The second-order valence-corrected chi connectivity index (χ2v) is 4.68. The zero-order valence-electron chi connectivity index (χ0n) is 7.99. The third-order valence-corrected chi connectivity index (χ3v) is 3.01. The third-order valence-electron chi connectivity index (χ3n) is 1.53. The Balaban J connectivity index is 2.86. The van der Waals surface area contributed by atoms with Crippen molar-refractivity contribution in [3.63, 3.8) is 0 Å². The van der Waals surface area contributed by atoms with Crippen LogP contribution >= 0.6 is 11.6 Å². The minimum atomic E-state index is -3.55. The predicted molar refractivity (Wildman–Crippen MR) is 59.3 cm³/mol. The smallest absolute Gasteiger partial charge is 0.299 e. The largest absolute Gasteiger partial charge is 0.506 e. The molecular weight excluding hydrogens is 240 g/mol. The first-order valence-electron chi connectivity index (χ1n) is 4.20. The van der Waals surface area contributed by atoms with Crippen LogP contribution in [0.2, 0.25) is 5.02 Å². The number of phenols is 1. The molecule has 0 fully saturated rings. The topological polar surface area (TPSA) is 78.4 Å². The van der Waals surface area contributed by atoms with Crippen LogP contribution < -0.4 is 9.44 Å². The van der Waals surface area contributed by atoms with E-state index < -0.39 is 10.2 Å². The lowest BCUT2D eigenvalue weighted by Gasteiger charge is -2.08. The van der Waals surface area contributed by atoms with Crippen molar-refractivity contribution in [1.29, 1.82) is 0 Å². The van der Waals surface area contributed by atoms with Crippen molar-refractivity contribution < 1.29 is 13.5 Å². The molecular formula is C8H11ClN2O3S. The zero-order valence-corrected chi connectivity index (χ0v) is 9.56. The standard InChI is InChI=1S/C8H11ClN2O3S/c1-2-10-15(13,14)11-6-3-4-8(12)7(9)5-6/h3-5,10-12H,2H2,1H3. The Kier molecular flexibility index (Phi) is 3.78. The molecule has 15 heavy (non-hydrogen) atoms. The molecule has 1 rings (SSSR count). The fraction of sp³-hybridized carbons (Fsp3) is 0.250. The molecule has 0 aromatic heterocycles. The first-order valence-corrected chi connectivity index (χ1v) is 6.06. The van der Waals surface area contributed by atoms with Gasteiger partial charge in [-0.2, -0.15) is 13.1 Å². The maximum absolute atomic E-state index is 11.3. The molecule has 0 aliphatic rings. The van der Waals surface area contributed by atoms with Crippen molar-refractivity contribution in [2.24, 2.45) is 0 Å². The van der Waals surface area contributed by atoms with Crippen LogP contribution in [0.3, 0.4) is 0 Å². The fourth-order valence-corrected chi connectivity index (χ4v) is 2.02. The van der Waals surface area contributed by atoms with Crippen LogP contribution in [0.15, 0.2) is 18.2 Å². The second kappa shape index (κ2) is 4.69. The summed E-state index contributed by atoms with van der Waals surface area (Å²) < 4.78 is 27.0. The van der Waals surface area contributed by atoms with Crippen molar-refractivity contribution in [2.45, 2.75) is 6.92 Å². The van der Waals surface area contributed by atoms with Crippen molar-refractivity contribution in [1.82, 2.24) is 4.72 Å². The summed E-state index contributed by atoms with van der Waals surface area (Å²) in [5, 5.41) is 9.21. The van der Waals surface area contributed by atoms with Gasteiger partial charge in [0.15, 0.2) is 0 Å². The monoisotopic (exact) mass is 250 g/mol. The lowest BCUT2D eigenvalue weighted by molar-refractivity contribution is 0.475. The molecule has 84 valence electrons. The van der Waals surface area contributed by atoms with Crippen LogP contribution in [0.25, 0.3) is 0 Å². The van der Waals surface area contributed by atoms with Gasteiger partial charge in [-0.25, -0.2) is 0 Å². The number of aromatic hydroxyl groups is 1. The Morgan fingerprint density at radius 1 is 1.47 bits per heavy atom. The summed E-state index contributed by atoms with van der Waals surface area (Å²) in [6.45, 7) is 1.96. The Labute approximate surface area is 93.3 Å². The van der Waals surface area contributed by atoms with Crippen molar-refractivity contribution in [2.75, 3.05) is 11.3 Å². The van der Waals surface area contributed by atoms with Crippen LogP contribution in [0.1, 0.15) is 6.92 Å². The predicted octanol–water partition coefficient (Wildman–Crippen LogP) is 1.31. The van der Waals surface area contributed by atoms with E-state index in [9.17, 15) is 8.42 Å². The van der Waals surface area contributed by atoms with E-state index in [-0.39, 0.29) is 10.8 Å². The van der Waals surface area contributed by atoms with Gasteiger partial charge in [0, 0.05) is 6.54 Å². The SMILES string of the molecule is CCNS(=O)(=O)Nc1ccc(O)c(Cl)c1. The highest BCUT2D eigenvalue weighted by atomic mass is 35.5. The third kappa shape index (κ3) is 3.58. The first-order chi connectivity index (χ1) is 6.94. The molecule has 0 aliphatic carbocycles. The summed E-state index contributed by atoms with van der Waals surface area (Å²) in [4.78, 5) is 0. The van der Waals surface area contributed by atoms with Gasteiger partial charge < -0.3 is 5.11 Å². The van der Waals surface area contributed by atoms with E-state index in [4.69, 9.17) is 16.7 Å². The molecule has 0 heterocycles. The summed E-state index contributed by atoms with van der Waals surface area (Å²) in [5.41, 5.74) is 0.291. The molecule has 0 amide bonds.